The lowest BCUT2D eigenvalue weighted by molar-refractivity contribution is -0.191. The molecule has 0 radical (unpaired) electrons. The second-order valence-corrected chi connectivity index (χ2v) is 10.6. The van der Waals surface area contributed by atoms with Crippen molar-refractivity contribution in [3.8, 4) is 0 Å². The van der Waals surface area contributed by atoms with E-state index in [1.807, 2.05) is 0 Å². The summed E-state index contributed by atoms with van der Waals surface area (Å²) in [7, 11) is 0. The van der Waals surface area contributed by atoms with Crippen LogP contribution in [-0.2, 0) is 22.4 Å². The first kappa shape index (κ1) is 22.9. The van der Waals surface area contributed by atoms with Gasteiger partial charge in [-0.1, -0.05) is 50.9 Å². The van der Waals surface area contributed by atoms with E-state index in [2.05, 4.69) is 85.4 Å². The maximum atomic E-state index is 8.12. The van der Waals surface area contributed by atoms with E-state index in [9.17, 15) is 0 Å². The Bertz CT molecular complexity index is 974. The SMILES string of the molecule is Brc1ccc2c(c1)C1CCC(C2)N1.CCN1C2CCC1c1cc(Br)ccc1C2.O=C=O. The first-order valence-corrected chi connectivity index (χ1v) is 12.7. The molecule has 31 heavy (non-hydrogen) atoms. The Labute approximate surface area is 201 Å². The lowest BCUT2D eigenvalue weighted by Gasteiger charge is -2.35. The highest BCUT2D eigenvalue weighted by molar-refractivity contribution is 9.10. The van der Waals surface area contributed by atoms with Gasteiger partial charge >= 0.3 is 6.15 Å². The number of hydrogen-bond donors (Lipinski definition) is 1. The van der Waals surface area contributed by atoms with Crippen molar-refractivity contribution >= 4 is 38.0 Å². The molecule has 4 nitrogen and oxygen atoms in total. The number of rotatable bonds is 1. The second-order valence-electron chi connectivity index (χ2n) is 8.75. The third kappa shape index (κ3) is 4.89. The van der Waals surface area contributed by atoms with E-state index in [1.54, 1.807) is 16.7 Å². The van der Waals surface area contributed by atoms with Crippen LogP contribution in [0, 0.1) is 0 Å². The van der Waals surface area contributed by atoms with E-state index in [-0.39, 0.29) is 6.15 Å². The van der Waals surface area contributed by atoms with Gasteiger partial charge in [0.15, 0.2) is 0 Å². The predicted octanol–water partition coefficient (Wildman–Crippen LogP) is 5.75. The molecule has 2 saturated heterocycles. The number of likely N-dealkylation sites (N-methyl/N-ethyl adjacent to an activating group) is 1. The maximum Gasteiger partial charge on any atom is 0.373 e. The molecular weight excluding hydrogens is 520 g/mol. The number of carbonyl (C=O) groups excluding carboxylic acids is 2. The molecule has 1 N–H and O–H groups in total. The quantitative estimate of drug-likeness (QED) is 0.494. The normalized spacial score (nSPS) is 27.1. The van der Waals surface area contributed by atoms with Crippen LogP contribution in [0.4, 0.5) is 0 Å². The molecule has 0 amide bonds. The van der Waals surface area contributed by atoms with Crippen molar-refractivity contribution in [2.75, 3.05) is 6.54 Å². The smallest absolute Gasteiger partial charge is 0.307 e. The van der Waals surface area contributed by atoms with Crippen molar-refractivity contribution in [3.63, 3.8) is 0 Å². The minimum absolute atomic E-state index is 0.250. The van der Waals surface area contributed by atoms with Gasteiger partial charge in [0.2, 0.25) is 0 Å². The lowest BCUT2D eigenvalue weighted by atomic mass is 9.93. The van der Waals surface area contributed by atoms with Gasteiger partial charge in [0, 0.05) is 33.1 Å². The predicted molar refractivity (Wildman–Crippen MR) is 128 cm³/mol. The van der Waals surface area contributed by atoms with Crippen molar-refractivity contribution in [1.82, 2.24) is 10.2 Å². The fourth-order valence-corrected chi connectivity index (χ4v) is 6.61. The molecule has 4 aliphatic heterocycles. The summed E-state index contributed by atoms with van der Waals surface area (Å²) in [6.07, 6.45) is 8.11. The highest BCUT2D eigenvalue weighted by Gasteiger charge is 2.38. The molecule has 6 heteroatoms. The molecule has 4 heterocycles. The summed E-state index contributed by atoms with van der Waals surface area (Å²) in [5.41, 5.74) is 6.22. The largest absolute Gasteiger partial charge is 0.373 e. The molecule has 2 fully saturated rings. The number of nitrogens with one attached hydrogen (secondary N) is 1. The lowest BCUT2D eigenvalue weighted by Crippen LogP contribution is -2.37. The second kappa shape index (κ2) is 10.1. The van der Waals surface area contributed by atoms with E-state index < -0.39 is 0 Å². The van der Waals surface area contributed by atoms with Gasteiger partial charge in [-0.15, -0.1) is 0 Å². The average Bonchev–Trinajstić information content (AvgIpc) is 3.30. The molecule has 4 atom stereocenters. The van der Waals surface area contributed by atoms with Gasteiger partial charge in [0.1, 0.15) is 0 Å². The van der Waals surface area contributed by atoms with E-state index in [4.69, 9.17) is 9.59 Å². The molecule has 0 aliphatic carbocycles. The van der Waals surface area contributed by atoms with E-state index in [1.165, 1.54) is 59.6 Å². The van der Waals surface area contributed by atoms with Gasteiger partial charge in [-0.05, 0) is 91.6 Å². The molecular formula is C25H28Br2N2O2. The summed E-state index contributed by atoms with van der Waals surface area (Å²) in [6, 6.07) is 16.4. The first-order valence-electron chi connectivity index (χ1n) is 11.1. The molecule has 4 unspecified atom stereocenters. The number of hydrogen-bond acceptors (Lipinski definition) is 4. The third-order valence-corrected chi connectivity index (χ3v) is 8.11. The van der Waals surface area contributed by atoms with E-state index in [0.29, 0.717) is 12.1 Å². The number of nitrogens with zero attached hydrogens (tertiary/aromatic N) is 1. The van der Waals surface area contributed by atoms with Crippen LogP contribution in [0.3, 0.4) is 0 Å². The van der Waals surface area contributed by atoms with Gasteiger partial charge < -0.3 is 5.32 Å². The van der Waals surface area contributed by atoms with Gasteiger partial charge in [0.25, 0.3) is 0 Å². The highest BCUT2D eigenvalue weighted by Crippen LogP contribution is 2.44. The molecule has 2 aromatic rings. The zero-order chi connectivity index (χ0) is 22.0. The zero-order valence-corrected chi connectivity index (χ0v) is 20.9. The monoisotopic (exact) mass is 546 g/mol. The average molecular weight is 548 g/mol. The van der Waals surface area contributed by atoms with Crippen molar-refractivity contribution < 1.29 is 9.59 Å². The minimum atomic E-state index is 0.250. The Kier molecular flexibility index (Phi) is 7.45. The Morgan fingerprint density at radius 3 is 2.26 bits per heavy atom. The maximum absolute atomic E-state index is 8.12. The van der Waals surface area contributed by atoms with Gasteiger partial charge in [-0.3, -0.25) is 4.90 Å². The minimum Gasteiger partial charge on any atom is -0.307 e. The highest BCUT2D eigenvalue weighted by atomic mass is 79.9. The summed E-state index contributed by atoms with van der Waals surface area (Å²) in [6.45, 7) is 3.48. The standard InChI is InChI=1S/C13H16BrN.C11H12BrN.CO2/c1-2-15-11-5-6-13(15)12-8-10(14)4-3-9(12)7-11;12-8-2-1-7-5-9-3-4-11(13-9)10(7)6-8;2-1-3/h3-4,8,11,13H,2,5-7H2,1H3;1-2,6,9,11,13H,3-5H2;. The Morgan fingerprint density at radius 2 is 1.58 bits per heavy atom. The van der Waals surface area contributed by atoms with Crippen LogP contribution < -0.4 is 5.32 Å². The Morgan fingerprint density at radius 1 is 0.935 bits per heavy atom. The van der Waals surface area contributed by atoms with Gasteiger partial charge in [0.05, 0.1) is 0 Å². The van der Waals surface area contributed by atoms with Gasteiger partial charge in [-0.25, -0.2) is 0 Å². The first-order chi connectivity index (χ1) is 15.0. The van der Waals surface area contributed by atoms with Crippen LogP contribution in [0.15, 0.2) is 45.3 Å². The van der Waals surface area contributed by atoms with E-state index in [0.717, 1.165) is 12.1 Å². The molecule has 4 aliphatic rings. The topological polar surface area (TPSA) is 49.4 Å². The van der Waals surface area contributed by atoms with Gasteiger partial charge in [-0.2, -0.15) is 9.59 Å². The zero-order valence-electron chi connectivity index (χ0n) is 17.7. The summed E-state index contributed by atoms with van der Waals surface area (Å²) in [5.74, 6) is 0. The van der Waals surface area contributed by atoms with Crippen molar-refractivity contribution in [1.29, 1.82) is 0 Å². The van der Waals surface area contributed by atoms with Crippen LogP contribution in [-0.4, -0.2) is 29.7 Å². The molecule has 6 rings (SSSR count). The molecule has 0 aromatic heterocycles. The number of halogens is 2. The summed E-state index contributed by atoms with van der Waals surface area (Å²) in [4.78, 5) is 18.9. The van der Waals surface area contributed by atoms with E-state index >= 15 is 0 Å². The number of benzene rings is 2. The van der Waals surface area contributed by atoms with Crippen molar-refractivity contribution in [2.45, 2.75) is 69.6 Å². The van der Waals surface area contributed by atoms with Crippen LogP contribution in [0.25, 0.3) is 0 Å². The summed E-state index contributed by atoms with van der Waals surface area (Å²) < 4.78 is 2.43. The fourth-order valence-electron chi connectivity index (χ4n) is 5.85. The van der Waals surface area contributed by atoms with Crippen molar-refractivity contribution in [2.24, 2.45) is 0 Å². The Balaban J connectivity index is 0.000000134. The Hall–Kier alpha value is -1.30. The molecule has 0 spiro atoms. The molecule has 4 bridgehead atoms. The molecule has 164 valence electrons. The van der Waals surface area contributed by atoms with Crippen LogP contribution in [0.1, 0.15) is 66.9 Å². The summed E-state index contributed by atoms with van der Waals surface area (Å²) >= 11 is 7.12. The molecule has 2 aromatic carbocycles. The summed E-state index contributed by atoms with van der Waals surface area (Å²) in [5, 5.41) is 3.65. The fraction of sp³-hybridized carbons (Fsp3) is 0.480. The third-order valence-electron chi connectivity index (χ3n) is 7.12. The molecule has 0 saturated carbocycles. The van der Waals surface area contributed by atoms with Crippen LogP contribution >= 0.6 is 31.9 Å². The van der Waals surface area contributed by atoms with Crippen LogP contribution in [0.5, 0.6) is 0 Å². The van der Waals surface area contributed by atoms with Crippen LogP contribution in [0.2, 0.25) is 0 Å². The van der Waals surface area contributed by atoms with Crippen molar-refractivity contribution in [3.05, 3.63) is 67.6 Å². The number of fused-ring (bicyclic) bond motifs is 8.